The lowest BCUT2D eigenvalue weighted by molar-refractivity contribution is -0.947. The zero-order valence-electron chi connectivity index (χ0n) is 15.7. The Kier molecular flexibility index (Phi) is 5.43. The van der Waals surface area contributed by atoms with Gasteiger partial charge in [-0.3, -0.25) is 4.57 Å². The fraction of sp³-hybridized carbons (Fsp3) is 0.400. The average molecular weight is 402 g/mol. The molecule has 4 rings (SSSR count). The molecule has 0 spiro atoms. The highest BCUT2D eigenvalue weighted by molar-refractivity contribution is 7.71. The van der Waals surface area contributed by atoms with E-state index in [0.29, 0.717) is 6.04 Å². The molecule has 3 aromatic rings. The fourth-order valence-electron chi connectivity index (χ4n) is 3.44. The van der Waals surface area contributed by atoms with E-state index in [1.165, 1.54) is 28.2 Å². The molecule has 1 aromatic carbocycles. The molecule has 142 valence electrons. The minimum Gasteiger partial charge on any atom is -0.497 e. The molecule has 1 atom stereocenters. The van der Waals surface area contributed by atoms with Crippen LogP contribution in [-0.2, 0) is 19.8 Å². The number of thiophene rings is 1. The summed E-state index contributed by atoms with van der Waals surface area (Å²) < 4.78 is 10.2. The molecular weight excluding hydrogens is 376 g/mol. The van der Waals surface area contributed by atoms with E-state index < -0.39 is 0 Å². The molecule has 1 aliphatic carbocycles. The molecule has 0 radical (unpaired) electrons. The number of rotatable bonds is 8. The van der Waals surface area contributed by atoms with Crippen LogP contribution < -0.4 is 9.64 Å². The van der Waals surface area contributed by atoms with Gasteiger partial charge in [-0.2, -0.15) is 4.68 Å². The number of methoxy groups -OCH3 is 1. The zero-order valence-corrected chi connectivity index (χ0v) is 17.4. The molecule has 1 unspecified atom stereocenters. The number of nitrogens with one attached hydrogen (secondary N) is 1. The molecule has 1 aliphatic rings. The normalized spacial score (nSPS) is 15.0. The van der Waals surface area contributed by atoms with Crippen molar-refractivity contribution in [3.8, 4) is 16.5 Å². The Labute approximate surface area is 168 Å². The molecule has 1 fully saturated rings. The van der Waals surface area contributed by atoms with Crippen LogP contribution >= 0.6 is 23.6 Å². The lowest BCUT2D eigenvalue weighted by Gasteiger charge is -2.19. The van der Waals surface area contributed by atoms with Crippen molar-refractivity contribution in [1.29, 1.82) is 0 Å². The Morgan fingerprint density at radius 1 is 1.26 bits per heavy atom. The van der Waals surface area contributed by atoms with Gasteiger partial charge in [-0.25, -0.2) is 0 Å². The van der Waals surface area contributed by atoms with Gasteiger partial charge in [0.05, 0.1) is 18.0 Å². The largest absolute Gasteiger partial charge is 0.497 e. The maximum absolute atomic E-state index is 5.75. The molecule has 5 nitrogen and oxygen atoms in total. The first-order valence-corrected chi connectivity index (χ1v) is 10.7. The van der Waals surface area contributed by atoms with Crippen LogP contribution in [0.4, 0.5) is 0 Å². The third-order valence-corrected chi connectivity index (χ3v) is 6.38. The van der Waals surface area contributed by atoms with Crippen molar-refractivity contribution < 1.29 is 9.64 Å². The maximum Gasteiger partial charge on any atom is 0.203 e. The summed E-state index contributed by atoms with van der Waals surface area (Å²) in [6.07, 6.45) is 2.57. The van der Waals surface area contributed by atoms with Crippen LogP contribution in [0.5, 0.6) is 5.75 Å². The van der Waals surface area contributed by atoms with Crippen molar-refractivity contribution in [1.82, 2.24) is 14.3 Å². The number of quaternary nitrogens is 1. The Bertz CT molecular complexity index is 940. The minimum atomic E-state index is 0.700. The quantitative estimate of drug-likeness (QED) is 0.588. The van der Waals surface area contributed by atoms with Gasteiger partial charge in [-0.05, 0) is 54.9 Å². The molecule has 0 bridgehead atoms. The third-order valence-electron chi connectivity index (χ3n) is 5.08. The van der Waals surface area contributed by atoms with Gasteiger partial charge in [-0.15, -0.1) is 16.4 Å². The molecule has 27 heavy (non-hydrogen) atoms. The summed E-state index contributed by atoms with van der Waals surface area (Å²) in [5.74, 6) is 1.88. The van der Waals surface area contributed by atoms with Crippen LogP contribution in [0.1, 0.15) is 25.3 Å². The molecule has 2 aromatic heterocycles. The molecular formula is C20H25N4OS2+. The maximum atomic E-state index is 5.75. The summed E-state index contributed by atoms with van der Waals surface area (Å²) in [7, 11) is 1.70. The summed E-state index contributed by atoms with van der Waals surface area (Å²) in [5.41, 5.74) is 1.32. The Hall–Kier alpha value is -1.96. The lowest BCUT2D eigenvalue weighted by atomic mass is 10.2. The number of aromatic nitrogens is 3. The first kappa shape index (κ1) is 18.4. The van der Waals surface area contributed by atoms with Crippen molar-refractivity contribution in [2.45, 2.75) is 45.6 Å². The van der Waals surface area contributed by atoms with Crippen LogP contribution in [0, 0.1) is 4.77 Å². The van der Waals surface area contributed by atoms with Crippen molar-refractivity contribution in [3.05, 3.63) is 52.1 Å². The van der Waals surface area contributed by atoms with Crippen LogP contribution in [0.3, 0.4) is 0 Å². The van der Waals surface area contributed by atoms with Crippen LogP contribution in [0.2, 0.25) is 0 Å². The number of nitrogens with zero attached hydrogens (tertiary/aromatic N) is 3. The second kappa shape index (κ2) is 7.96. The topological polar surface area (TPSA) is 36.4 Å². The van der Waals surface area contributed by atoms with Crippen molar-refractivity contribution in [2.75, 3.05) is 7.11 Å². The minimum absolute atomic E-state index is 0.700. The van der Waals surface area contributed by atoms with Crippen molar-refractivity contribution in [2.24, 2.45) is 0 Å². The number of hydrogen-bond donors (Lipinski definition) is 1. The van der Waals surface area contributed by atoms with Gasteiger partial charge in [0, 0.05) is 24.9 Å². The highest BCUT2D eigenvalue weighted by Gasteiger charge is 2.34. The first-order chi connectivity index (χ1) is 13.2. The number of benzene rings is 1. The van der Waals surface area contributed by atoms with Crippen molar-refractivity contribution >= 4 is 23.6 Å². The Morgan fingerprint density at radius 3 is 2.63 bits per heavy atom. The summed E-state index contributed by atoms with van der Waals surface area (Å²) in [6, 6.07) is 13.3. The predicted molar refractivity (Wildman–Crippen MR) is 111 cm³/mol. The van der Waals surface area contributed by atoms with E-state index in [1.807, 2.05) is 16.8 Å². The molecule has 0 saturated heterocycles. The number of ether oxygens (including phenoxy) is 1. The van der Waals surface area contributed by atoms with Gasteiger partial charge in [0.15, 0.2) is 12.5 Å². The lowest BCUT2D eigenvalue weighted by Crippen LogP contribution is -3.11. The Morgan fingerprint density at radius 2 is 2.04 bits per heavy atom. The first-order valence-electron chi connectivity index (χ1n) is 9.38. The summed E-state index contributed by atoms with van der Waals surface area (Å²) >= 11 is 7.46. The van der Waals surface area contributed by atoms with E-state index in [2.05, 4.69) is 41.1 Å². The smallest absolute Gasteiger partial charge is 0.203 e. The zero-order chi connectivity index (χ0) is 18.8. The van der Waals surface area contributed by atoms with E-state index in [-0.39, 0.29) is 0 Å². The van der Waals surface area contributed by atoms with E-state index in [4.69, 9.17) is 22.1 Å². The third kappa shape index (κ3) is 4.00. The standard InChI is InChI=1S/C20H24N4OS2/c1-3-23-19(18-5-4-12-27-18)21-24(20(23)26)14-22(16-8-9-16)13-15-6-10-17(25-2)11-7-15/h4-7,10-12,16H,3,8-9,13-14H2,1-2H3/p+1. The van der Waals surface area contributed by atoms with Crippen LogP contribution in [-0.4, -0.2) is 27.5 Å². The molecule has 0 amide bonds. The monoisotopic (exact) mass is 401 g/mol. The second-order valence-corrected chi connectivity index (χ2v) is 8.26. The average Bonchev–Trinajstić information content (AvgIpc) is 3.30. The molecule has 1 N–H and O–H groups in total. The molecule has 0 aliphatic heterocycles. The van der Waals surface area contributed by atoms with E-state index in [0.717, 1.165) is 36.1 Å². The highest BCUT2D eigenvalue weighted by Crippen LogP contribution is 2.23. The van der Waals surface area contributed by atoms with E-state index >= 15 is 0 Å². The SMILES string of the molecule is CCn1c(-c2cccs2)nn(C[NH+](Cc2ccc(OC)cc2)C2CC2)c1=S. The molecule has 2 heterocycles. The molecule has 7 heteroatoms. The second-order valence-electron chi connectivity index (χ2n) is 6.94. The molecule has 1 saturated carbocycles. The van der Waals surface area contributed by atoms with Gasteiger partial charge in [0.2, 0.25) is 4.77 Å². The van der Waals surface area contributed by atoms with E-state index in [1.54, 1.807) is 18.4 Å². The van der Waals surface area contributed by atoms with Gasteiger partial charge in [0.1, 0.15) is 12.3 Å². The van der Waals surface area contributed by atoms with Gasteiger partial charge in [0.25, 0.3) is 0 Å². The Balaban J connectivity index is 1.58. The summed E-state index contributed by atoms with van der Waals surface area (Å²) in [4.78, 5) is 2.69. The van der Waals surface area contributed by atoms with E-state index in [9.17, 15) is 0 Å². The van der Waals surface area contributed by atoms with Gasteiger partial charge in [-0.1, -0.05) is 6.07 Å². The van der Waals surface area contributed by atoms with Crippen LogP contribution in [0.25, 0.3) is 10.7 Å². The number of hydrogen-bond acceptors (Lipinski definition) is 4. The van der Waals surface area contributed by atoms with Gasteiger partial charge >= 0.3 is 0 Å². The predicted octanol–water partition coefficient (Wildman–Crippen LogP) is 3.38. The van der Waals surface area contributed by atoms with Gasteiger partial charge < -0.3 is 9.64 Å². The van der Waals surface area contributed by atoms with Crippen LogP contribution in [0.15, 0.2) is 41.8 Å². The summed E-state index contributed by atoms with van der Waals surface area (Å²) in [6.45, 7) is 4.75. The summed E-state index contributed by atoms with van der Waals surface area (Å²) in [5, 5.41) is 6.97. The highest BCUT2D eigenvalue weighted by atomic mass is 32.1. The fourth-order valence-corrected chi connectivity index (χ4v) is 4.47. The van der Waals surface area contributed by atoms with Crippen molar-refractivity contribution in [3.63, 3.8) is 0 Å².